The Bertz CT molecular complexity index is 295. The number of carbonyl (C=O) groups is 1. The molecule has 1 heterocycles. The van der Waals surface area contributed by atoms with Crippen molar-refractivity contribution in [2.45, 2.75) is 12.6 Å². The maximum absolute atomic E-state index is 11.7. The Morgan fingerprint density at radius 2 is 2.29 bits per heavy atom. The molecule has 0 aliphatic carbocycles. The van der Waals surface area contributed by atoms with Gasteiger partial charge in [0.15, 0.2) is 0 Å². The molecule has 0 spiro atoms. The Hall–Kier alpha value is -1.60. The maximum atomic E-state index is 11.7. The van der Waals surface area contributed by atoms with Gasteiger partial charge in [0.25, 0.3) is 5.91 Å². The Morgan fingerprint density at radius 3 is 2.79 bits per heavy atom. The Kier molecular flexibility index (Phi) is 3.05. The number of H-pyrrole nitrogens is 1. The molecule has 0 saturated heterocycles. The van der Waals surface area contributed by atoms with Gasteiger partial charge in [-0.25, -0.2) is 4.98 Å². The predicted molar refractivity (Wildman–Crippen MR) is 39.4 cm³/mol. The quantitative estimate of drug-likeness (QED) is 0.759. The molecule has 0 radical (unpaired) electrons. The van der Waals surface area contributed by atoms with Gasteiger partial charge in [-0.15, -0.1) is 0 Å². The molecule has 0 aliphatic heterocycles. The third-order valence-electron chi connectivity index (χ3n) is 1.32. The van der Waals surface area contributed by atoms with Gasteiger partial charge in [-0.05, 0) is 0 Å². The van der Waals surface area contributed by atoms with Crippen LogP contribution in [0.5, 0.6) is 0 Å². The summed E-state index contributed by atoms with van der Waals surface area (Å²) in [5.41, 5.74) is 0. The summed E-state index contributed by atoms with van der Waals surface area (Å²) in [4.78, 5) is 14.5. The van der Waals surface area contributed by atoms with Crippen molar-refractivity contribution in [1.29, 1.82) is 0 Å². The number of nitrogens with one attached hydrogen (secondary N) is 2. The van der Waals surface area contributed by atoms with Gasteiger partial charge >= 0.3 is 6.18 Å². The number of aromatic nitrogens is 3. The number of alkyl halides is 3. The normalized spacial score (nSPS) is 11.4. The lowest BCUT2D eigenvalue weighted by Gasteiger charge is -2.05. The van der Waals surface area contributed by atoms with Crippen LogP contribution in [0.2, 0.25) is 0 Å². The van der Waals surface area contributed by atoms with Crippen molar-refractivity contribution in [2.24, 2.45) is 0 Å². The highest BCUT2D eigenvalue weighted by molar-refractivity contribution is 5.90. The third kappa shape index (κ3) is 3.42. The van der Waals surface area contributed by atoms with Gasteiger partial charge in [-0.2, -0.15) is 18.3 Å². The van der Waals surface area contributed by atoms with Crippen LogP contribution in [0.15, 0.2) is 6.33 Å². The first kappa shape index (κ1) is 10.5. The molecule has 0 fully saturated rings. The van der Waals surface area contributed by atoms with E-state index in [0.717, 1.165) is 6.33 Å². The van der Waals surface area contributed by atoms with Crippen LogP contribution in [0.1, 0.15) is 17.0 Å². The van der Waals surface area contributed by atoms with Crippen LogP contribution in [-0.2, 0) is 0 Å². The van der Waals surface area contributed by atoms with Crippen molar-refractivity contribution in [1.82, 2.24) is 20.5 Å². The first-order valence-electron chi connectivity index (χ1n) is 3.69. The van der Waals surface area contributed by atoms with Crippen molar-refractivity contribution in [3.63, 3.8) is 0 Å². The Morgan fingerprint density at radius 1 is 1.57 bits per heavy atom. The SMILES string of the molecule is O=C(NCCC(F)(F)F)c1ncn[nH]1. The second kappa shape index (κ2) is 4.07. The van der Waals surface area contributed by atoms with Gasteiger partial charge in [0.1, 0.15) is 6.33 Å². The summed E-state index contributed by atoms with van der Waals surface area (Å²) >= 11 is 0. The molecule has 0 unspecified atom stereocenters. The number of nitrogens with zero attached hydrogens (tertiary/aromatic N) is 2. The lowest BCUT2D eigenvalue weighted by atomic mass is 10.4. The molecule has 0 atom stereocenters. The van der Waals surface area contributed by atoms with Crippen molar-refractivity contribution in [3.8, 4) is 0 Å². The van der Waals surface area contributed by atoms with Crippen LogP contribution in [0.4, 0.5) is 13.2 Å². The average molecular weight is 208 g/mol. The number of rotatable bonds is 3. The summed E-state index contributed by atoms with van der Waals surface area (Å²) in [5, 5.41) is 7.66. The maximum Gasteiger partial charge on any atom is 0.390 e. The van der Waals surface area contributed by atoms with E-state index in [2.05, 4.69) is 15.2 Å². The van der Waals surface area contributed by atoms with Crippen LogP contribution in [-0.4, -0.2) is 33.8 Å². The second-order valence-corrected chi connectivity index (χ2v) is 2.46. The second-order valence-electron chi connectivity index (χ2n) is 2.46. The van der Waals surface area contributed by atoms with Crippen LogP contribution in [0.3, 0.4) is 0 Å². The molecule has 1 aromatic heterocycles. The summed E-state index contributed by atoms with van der Waals surface area (Å²) in [6.45, 7) is -0.469. The Balaban J connectivity index is 2.30. The van der Waals surface area contributed by atoms with Gasteiger partial charge in [0.2, 0.25) is 5.82 Å². The molecule has 8 heteroatoms. The first-order chi connectivity index (χ1) is 6.49. The van der Waals surface area contributed by atoms with Crippen molar-refractivity contribution >= 4 is 5.91 Å². The molecule has 0 aromatic carbocycles. The highest BCUT2D eigenvalue weighted by Crippen LogP contribution is 2.18. The van der Waals surface area contributed by atoms with E-state index in [0.29, 0.717) is 0 Å². The van der Waals surface area contributed by atoms with Gasteiger partial charge in [0.05, 0.1) is 6.42 Å². The topological polar surface area (TPSA) is 70.7 Å². The number of aromatic amines is 1. The summed E-state index contributed by atoms with van der Waals surface area (Å²) in [6.07, 6.45) is -4.24. The molecule has 0 aliphatic rings. The van der Waals surface area contributed by atoms with Crippen molar-refractivity contribution < 1.29 is 18.0 Å². The number of amides is 1. The van der Waals surface area contributed by atoms with Crippen molar-refractivity contribution in [2.75, 3.05) is 6.54 Å². The first-order valence-corrected chi connectivity index (χ1v) is 3.69. The van der Waals surface area contributed by atoms with Crippen molar-refractivity contribution in [3.05, 3.63) is 12.2 Å². The lowest BCUT2D eigenvalue weighted by molar-refractivity contribution is -0.132. The number of carbonyl (C=O) groups excluding carboxylic acids is 1. The van der Waals surface area contributed by atoms with E-state index in [4.69, 9.17) is 0 Å². The van der Waals surface area contributed by atoms with E-state index < -0.39 is 25.0 Å². The smallest absolute Gasteiger partial charge is 0.349 e. The summed E-state index contributed by atoms with van der Waals surface area (Å²) < 4.78 is 35.0. The van der Waals surface area contributed by atoms with E-state index in [-0.39, 0.29) is 5.82 Å². The van der Waals surface area contributed by atoms with Gasteiger partial charge in [-0.3, -0.25) is 9.89 Å². The molecule has 0 bridgehead atoms. The van der Waals surface area contributed by atoms with E-state index in [1.54, 1.807) is 0 Å². The molecule has 1 amide bonds. The monoisotopic (exact) mass is 208 g/mol. The number of hydrogen-bond acceptors (Lipinski definition) is 3. The fraction of sp³-hybridized carbons (Fsp3) is 0.500. The zero-order valence-corrected chi connectivity index (χ0v) is 6.93. The highest BCUT2D eigenvalue weighted by Gasteiger charge is 2.26. The summed E-state index contributed by atoms with van der Waals surface area (Å²) in [6, 6.07) is 0. The molecule has 1 rings (SSSR count). The zero-order valence-electron chi connectivity index (χ0n) is 6.93. The molecular formula is C6H7F3N4O. The molecule has 0 saturated carbocycles. The summed E-state index contributed by atoms with van der Waals surface area (Å²) in [7, 11) is 0. The largest absolute Gasteiger partial charge is 0.390 e. The minimum Gasteiger partial charge on any atom is -0.349 e. The van der Waals surface area contributed by atoms with Crippen LogP contribution in [0, 0.1) is 0 Å². The summed E-state index contributed by atoms with van der Waals surface area (Å²) in [5.74, 6) is -0.807. The van der Waals surface area contributed by atoms with Crippen LogP contribution < -0.4 is 5.32 Å². The minimum atomic E-state index is -4.27. The van der Waals surface area contributed by atoms with Crippen LogP contribution >= 0.6 is 0 Å². The molecule has 2 N–H and O–H groups in total. The number of hydrogen-bond donors (Lipinski definition) is 2. The van der Waals surface area contributed by atoms with E-state index in [1.807, 2.05) is 5.32 Å². The van der Waals surface area contributed by atoms with E-state index in [9.17, 15) is 18.0 Å². The third-order valence-corrected chi connectivity index (χ3v) is 1.32. The molecule has 5 nitrogen and oxygen atoms in total. The predicted octanol–water partition coefficient (Wildman–Crippen LogP) is 0.487. The van der Waals surface area contributed by atoms with Crippen LogP contribution in [0.25, 0.3) is 0 Å². The molecule has 1 aromatic rings. The minimum absolute atomic E-state index is 0.104. The van der Waals surface area contributed by atoms with Gasteiger partial charge < -0.3 is 5.32 Å². The van der Waals surface area contributed by atoms with Gasteiger partial charge in [-0.1, -0.05) is 0 Å². The number of halogens is 3. The lowest BCUT2D eigenvalue weighted by Crippen LogP contribution is -2.28. The van der Waals surface area contributed by atoms with E-state index >= 15 is 0 Å². The molecule has 78 valence electrons. The van der Waals surface area contributed by atoms with Gasteiger partial charge in [0, 0.05) is 6.54 Å². The fourth-order valence-electron chi connectivity index (χ4n) is 0.716. The standard InChI is InChI=1S/C6H7F3N4O/c7-6(8,9)1-2-10-5(14)4-11-3-12-13-4/h3H,1-2H2,(H,10,14)(H,11,12,13). The average Bonchev–Trinajstić information content (AvgIpc) is 2.53. The Labute approximate surface area is 76.7 Å². The molecular weight excluding hydrogens is 201 g/mol. The molecule has 14 heavy (non-hydrogen) atoms. The zero-order chi connectivity index (χ0) is 10.6. The fourth-order valence-corrected chi connectivity index (χ4v) is 0.716. The highest BCUT2D eigenvalue weighted by atomic mass is 19.4. The van der Waals surface area contributed by atoms with E-state index in [1.165, 1.54) is 0 Å².